The van der Waals surface area contributed by atoms with Gasteiger partial charge in [0.15, 0.2) is 11.5 Å². The first-order valence-corrected chi connectivity index (χ1v) is 11.3. The lowest BCUT2D eigenvalue weighted by atomic mass is 10.1. The average molecular weight is 472 g/mol. The third kappa shape index (κ3) is 7.43. The van der Waals surface area contributed by atoms with Crippen LogP contribution < -0.4 is 19.9 Å². The topological polar surface area (TPSA) is 111 Å². The van der Waals surface area contributed by atoms with Crippen molar-refractivity contribution in [3.63, 3.8) is 0 Å². The molecule has 0 heterocycles. The Kier molecular flexibility index (Phi) is 8.93. The number of amides is 1. The van der Waals surface area contributed by atoms with Crippen molar-refractivity contribution >= 4 is 15.9 Å². The number of nitrogens with one attached hydrogen (secondary N) is 1. The molecule has 2 aromatic carbocycles. The molecule has 0 bridgehead atoms. The van der Waals surface area contributed by atoms with Gasteiger partial charge in [0.05, 0.1) is 18.0 Å². The van der Waals surface area contributed by atoms with E-state index in [1.165, 1.54) is 31.4 Å². The highest BCUT2D eigenvalue weighted by Gasteiger charge is 2.19. The summed E-state index contributed by atoms with van der Waals surface area (Å²) in [5, 5.41) is 7.90. The smallest absolute Gasteiger partial charge is 0.387 e. The summed E-state index contributed by atoms with van der Waals surface area (Å²) in [4.78, 5) is 14.3. The van der Waals surface area contributed by atoms with Crippen LogP contribution in [0.1, 0.15) is 18.1 Å². The van der Waals surface area contributed by atoms with Crippen molar-refractivity contribution in [2.75, 3.05) is 20.7 Å². The molecule has 176 valence electrons. The van der Waals surface area contributed by atoms with E-state index in [9.17, 15) is 22.0 Å². The number of benzene rings is 2. The number of methoxy groups -OCH3 is 1. The van der Waals surface area contributed by atoms with Gasteiger partial charge in [-0.05, 0) is 55.8 Å². The summed E-state index contributed by atoms with van der Waals surface area (Å²) < 4.78 is 57.3. The van der Waals surface area contributed by atoms with Crippen LogP contribution in [0.5, 0.6) is 11.5 Å². The summed E-state index contributed by atoms with van der Waals surface area (Å²) in [6.07, 6.45) is 0.514. The summed E-state index contributed by atoms with van der Waals surface area (Å²) in [6.45, 7) is -0.554. The van der Waals surface area contributed by atoms with E-state index in [0.29, 0.717) is 25.1 Å². The van der Waals surface area contributed by atoms with E-state index in [4.69, 9.17) is 9.88 Å². The Morgan fingerprint density at radius 3 is 2.31 bits per heavy atom. The second-order valence-electron chi connectivity index (χ2n) is 7.18. The van der Waals surface area contributed by atoms with Gasteiger partial charge >= 0.3 is 6.61 Å². The standard InChI is InChI=1S/C21H27F2N3O5S/c1-14(20(27)25-11-10-15-4-7-17(8-5-15)32(24,28)29)26(2)13-16-6-9-18(30-3)19(12-16)31-21(22)23/h4-9,12,14,21H,10-11,13H2,1-3H3,(H,25,27)(H2,24,28,29). The number of carbonyl (C=O) groups excluding carboxylic acids is 1. The van der Waals surface area contributed by atoms with E-state index in [2.05, 4.69) is 10.1 Å². The van der Waals surface area contributed by atoms with E-state index in [0.717, 1.165) is 5.56 Å². The van der Waals surface area contributed by atoms with Gasteiger partial charge in [-0.2, -0.15) is 8.78 Å². The Hall–Kier alpha value is -2.76. The van der Waals surface area contributed by atoms with Crippen LogP contribution in [0, 0.1) is 0 Å². The molecule has 0 saturated heterocycles. The van der Waals surface area contributed by atoms with Crippen LogP contribution in [0.3, 0.4) is 0 Å². The van der Waals surface area contributed by atoms with Crippen molar-refractivity contribution in [2.45, 2.75) is 37.4 Å². The minimum Gasteiger partial charge on any atom is -0.493 e. The van der Waals surface area contributed by atoms with Crippen molar-refractivity contribution < 1.29 is 31.5 Å². The maximum Gasteiger partial charge on any atom is 0.387 e. The normalized spacial score (nSPS) is 12.6. The van der Waals surface area contributed by atoms with Gasteiger partial charge in [0.1, 0.15) is 0 Å². The minimum absolute atomic E-state index is 0.0289. The Morgan fingerprint density at radius 1 is 1.12 bits per heavy atom. The van der Waals surface area contributed by atoms with Crippen molar-refractivity contribution in [3.05, 3.63) is 53.6 Å². The lowest BCUT2D eigenvalue weighted by Gasteiger charge is -2.24. The fourth-order valence-electron chi connectivity index (χ4n) is 2.96. The quantitative estimate of drug-likeness (QED) is 0.519. The van der Waals surface area contributed by atoms with Crippen LogP contribution in [-0.4, -0.2) is 52.6 Å². The van der Waals surface area contributed by atoms with Crippen molar-refractivity contribution in [2.24, 2.45) is 5.14 Å². The predicted octanol–water partition coefficient (Wildman–Crippen LogP) is 2.12. The summed E-state index contributed by atoms with van der Waals surface area (Å²) in [5.74, 6) is -0.0789. The number of rotatable bonds is 11. The van der Waals surface area contributed by atoms with E-state index >= 15 is 0 Å². The first-order valence-electron chi connectivity index (χ1n) is 9.72. The molecule has 1 unspecified atom stereocenters. The van der Waals surface area contributed by atoms with Crippen LogP contribution in [0.4, 0.5) is 8.78 Å². The Balaban J connectivity index is 1.89. The van der Waals surface area contributed by atoms with Crippen molar-refractivity contribution in [3.8, 4) is 11.5 Å². The molecule has 0 spiro atoms. The fourth-order valence-corrected chi connectivity index (χ4v) is 3.47. The number of alkyl halides is 2. The molecule has 0 radical (unpaired) electrons. The molecule has 8 nitrogen and oxygen atoms in total. The molecule has 11 heteroatoms. The molecule has 1 atom stereocenters. The van der Waals surface area contributed by atoms with E-state index < -0.39 is 22.7 Å². The lowest BCUT2D eigenvalue weighted by molar-refractivity contribution is -0.125. The summed E-state index contributed by atoms with van der Waals surface area (Å²) >= 11 is 0. The van der Waals surface area contributed by atoms with Gasteiger partial charge in [-0.3, -0.25) is 9.69 Å². The van der Waals surface area contributed by atoms with Gasteiger partial charge in [0, 0.05) is 13.1 Å². The molecule has 32 heavy (non-hydrogen) atoms. The van der Waals surface area contributed by atoms with Crippen molar-refractivity contribution in [1.29, 1.82) is 0 Å². The van der Waals surface area contributed by atoms with Gasteiger partial charge in [-0.25, -0.2) is 13.6 Å². The molecule has 0 aromatic heterocycles. The molecule has 0 saturated carbocycles. The zero-order chi connectivity index (χ0) is 23.9. The molecule has 2 rings (SSSR count). The second kappa shape index (κ2) is 11.2. The Bertz CT molecular complexity index is 1020. The first kappa shape index (κ1) is 25.5. The van der Waals surface area contributed by atoms with Crippen LogP contribution >= 0.6 is 0 Å². The average Bonchev–Trinajstić information content (AvgIpc) is 2.72. The first-order chi connectivity index (χ1) is 15.0. The second-order valence-corrected chi connectivity index (χ2v) is 8.75. The zero-order valence-corrected chi connectivity index (χ0v) is 18.9. The van der Waals surface area contributed by atoms with E-state index in [1.54, 1.807) is 37.1 Å². The summed E-state index contributed by atoms with van der Waals surface area (Å²) in [7, 11) is -0.635. The molecule has 1 amide bonds. The maximum atomic E-state index is 12.6. The number of nitrogens with two attached hydrogens (primary N) is 1. The van der Waals surface area contributed by atoms with Crippen LogP contribution in [0.15, 0.2) is 47.4 Å². The van der Waals surface area contributed by atoms with Gasteiger partial charge in [0.2, 0.25) is 15.9 Å². The largest absolute Gasteiger partial charge is 0.493 e. The monoisotopic (exact) mass is 471 g/mol. The van der Waals surface area contributed by atoms with Gasteiger partial charge in [-0.15, -0.1) is 0 Å². The number of hydrogen-bond acceptors (Lipinski definition) is 6. The van der Waals surface area contributed by atoms with Gasteiger partial charge < -0.3 is 14.8 Å². The Labute approximate surface area is 186 Å². The molecule has 2 aromatic rings. The fraction of sp³-hybridized carbons (Fsp3) is 0.381. The number of primary sulfonamides is 1. The summed E-state index contributed by atoms with van der Waals surface area (Å²) in [5.41, 5.74) is 1.53. The highest BCUT2D eigenvalue weighted by Crippen LogP contribution is 2.30. The third-order valence-electron chi connectivity index (χ3n) is 4.88. The number of nitrogens with zero attached hydrogens (tertiary/aromatic N) is 1. The molecule has 0 fully saturated rings. The lowest BCUT2D eigenvalue weighted by Crippen LogP contribution is -2.43. The van der Waals surface area contributed by atoms with Crippen LogP contribution in [0.25, 0.3) is 0 Å². The molecule has 0 aliphatic carbocycles. The number of ether oxygens (including phenoxy) is 2. The number of likely N-dealkylation sites (N-methyl/N-ethyl adjacent to an activating group) is 1. The third-order valence-corrected chi connectivity index (χ3v) is 5.81. The molecular formula is C21H27F2N3O5S. The van der Waals surface area contributed by atoms with Gasteiger partial charge in [0.25, 0.3) is 0 Å². The molecular weight excluding hydrogens is 444 g/mol. The Morgan fingerprint density at radius 2 is 1.75 bits per heavy atom. The number of carbonyl (C=O) groups is 1. The minimum atomic E-state index is -3.74. The number of halogens is 2. The van der Waals surface area contributed by atoms with Crippen LogP contribution in [0.2, 0.25) is 0 Å². The number of hydrogen-bond donors (Lipinski definition) is 2. The maximum absolute atomic E-state index is 12.6. The van der Waals surface area contributed by atoms with Crippen molar-refractivity contribution in [1.82, 2.24) is 10.2 Å². The highest BCUT2D eigenvalue weighted by atomic mass is 32.2. The molecule has 0 aliphatic heterocycles. The SMILES string of the molecule is COc1ccc(CN(C)C(C)C(=O)NCCc2ccc(S(N)(=O)=O)cc2)cc1OC(F)F. The summed E-state index contributed by atoms with van der Waals surface area (Å²) in [6, 6.07) is 10.3. The highest BCUT2D eigenvalue weighted by molar-refractivity contribution is 7.89. The van der Waals surface area contributed by atoms with Crippen LogP contribution in [-0.2, 0) is 27.8 Å². The van der Waals surface area contributed by atoms with E-state index in [1.807, 2.05) is 0 Å². The molecule has 0 aliphatic rings. The number of sulfonamides is 1. The zero-order valence-electron chi connectivity index (χ0n) is 18.0. The predicted molar refractivity (Wildman–Crippen MR) is 115 cm³/mol. The van der Waals surface area contributed by atoms with E-state index in [-0.39, 0.29) is 22.3 Å². The molecule has 3 N–H and O–H groups in total. The van der Waals surface area contributed by atoms with Gasteiger partial charge in [-0.1, -0.05) is 18.2 Å².